The minimum Gasteiger partial charge on any atom is -0.314 e. The maximum absolute atomic E-state index is 13.2. The van der Waals surface area contributed by atoms with Crippen LogP contribution in [0, 0.1) is 11.3 Å². The number of anilines is 1. The summed E-state index contributed by atoms with van der Waals surface area (Å²) in [4.78, 5) is 14.4. The molecule has 0 saturated heterocycles. The third kappa shape index (κ3) is 2.59. The van der Waals surface area contributed by atoms with E-state index in [-0.39, 0.29) is 19.1 Å². The standard InChI is InChI=1S/C16H21N2O4P/c1-5-21-23(20,22-6-2)14(11-17)16(3)12-9-7-8-10-13(12)18(4)15(16)19/h7-10,14H,5-6H2,1-4H3. The van der Waals surface area contributed by atoms with E-state index >= 15 is 0 Å². The number of nitrogens with zero attached hydrogens (tertiary/aromatic N) is 2. The van der Waals surface area contributed by atoms with E-state index in [1.165, 1.54) is 4.90 Å². The molecule has 0 radical (unpaired) electrons. The van der Waals surface area contributed by atoms with Crippen LogP contribution in [-0.2, 0) is 23.8 Å². The van der Waals surface area contributed by atoms with E-state index in [0.29, 0.717) is 11.3 Å². The number of fused-ring (bicyclic) bond motifs is 1. The van der Waals surface area contributed by atoms with E-state index in [4.69, 9.17) is 9.05 Å². The molecule has 0 saturated carbocycles. The van der Waals surface area contributed by atoms with Crippen LogP contribution in [0.3, 0.4) is 0 Å². The van der Waals surface area contributed by atoms with Gasteiger partial charge < -0.3 is 13.9 Å². The number of nitriles is 1. The van der Waals surface area contributed by atoms with Crippen molar-refractivity contribution in [3.8, 4) is 6.07 Å². The second-order valence-corrected chi connectivity index (χ2v) is 7.60. The maximum Gasteiger partial charge on any atom is 0.349 e. The van der Waals surface area contributed by atoms with Crippen LogP contribution in [0.15, 0.2) is 24.3 Å². The van der Waals surface area contributed by atoms with Gasteiger partial charge >= 0.3 is 7.60 Å². The summed E-state index contributed by atoms with van der Waals surface area (Å²) in [7, 11) is -2.13. The quantitative estimate of drug-likeness (QED) is 0.746. The average molecular weight is 336 g/mol. The SMILES string of the molecule is CCOP(=O)(OCC)C(C#N)C1(C)C(=O)N(C)c2ccccc21. The molecule has 124 valence electrons. The van der Waals surface area contributed by atoms with Crippen LogP contribution in [-0.4, -0.2) is 31.8 Å². The van der Waals surface area contributed by atoms with Gasteiger partial charge in [-0.05, 0) is 32.4 Å². The van der Waals surface area contributed by atoms with E-state index in [2.05, 4.69) is 0 Å². The minimum atomic E-state index is -3.77. The normalized spacial score (nSPS) is 21.9. The molecule has 1 aromatic rings. The van der Waals surface area contributed by atoms with Crippen molar-refractivity contribution >= 4 is 19.2 Å². The zero-order valence-corrected chi connectivity index (χ0v) is 14.7. The van der Waals surface area contributed by atoms with Crippen LogP contribution in [0.2, 0.25) is 0 Å². The van der Waals surface area contributed by atoms with Gasteiger partial charge in [0, 0.05) is 12.7 Å². The van der Waals surface area contributed by atoms with Crippen LogP contribution >= 0.6 is 7.60 Å². The average Bonchev–Trinajstić information content (AvgIpc) is 2.71. The first-order valence-electron chi connectivity index (χ1n) is 7.52. The number of carbonyl (C=O) groups excluding carboxylic acids is 1. The lowest BCUT2D eigenvalue weighted by atomic mass is 9.80. The number of amides is 1. The van der Waals surface area contributed by atoms with Gasteiger partial charge in [-0.1, -0.05) is 18.2 Å². The first-order chi connectivity index (χ1) is 10.9. The highest BCUT2D eigenvalue weighted by molar-refractivity contribution is 7.55. The molecule has 7 heteroatoms. The van der Waals surface area contributed by atoms with Crippen molar-refractivity contribution in [2.45, 2.75) is 31.8 Å². The fourth-order valence-electron chi connectivity index (χ4n) is 3.10. The molecule has 6 nitrogen and oxygen atoms in total. The molecule has 1 aromatic carbocycles. The molecule has 0 spiro atoms. The monoisotopic (exact) mass is 336 g/mol. The Hall–Kier alpha value is -1.67. The Morgan fingerprint density at radius 1 is 1.30 bits per heavy atom. The van der Waals surface area contributed by atoms with Crippen LogP contribution in [0.5, 0.6) is 0 Å². The number of carbonyl (C=O) groups is 1. The first-order valence-corrected chi connectivity index (χ1v) is 9.14. The summed E-state index contributed by atoms with van der Waals surface area (Å²) in [6.45, 7) is 5.27. The van der Waals surface area contributed by atoms with E-state index < -0.39 is 18.7 Å². The van der Waals surface area contributed by atoms with Gasteiger partial charge in [0.15, 0.2) is 5.66 Å². The predicted molar refractivity (Wildman–Crippen MR) is 87.5 cm³/mol. The lowest BCUT2D eigenvalue weighted by Gasteiger charge is -2.32. The Labute approximate surface area is 136 Å². The van der Waals surface area contributed by atoms with E-state index in [1.54, 1.807) is 46.0 Å². The zero-order chi connectivity index (χ0) is 17.3. The molecule has 0 aliphatic carbocycles. The summed E-state index contributed by atoms with van der Waals surface area (Å²) in [6, 6.07) is 9.23. The van der Waals surface area contributed by atoms with Crippen LogP contribution in [0.25, 0.3) is 0 Å². The lowest BCUT2D eigenvalue weighted by Crippen LogP contribution is -2.45. The summed E-state index contributed by atoms with van der Waals surface area (Å²) in [5.41, 5.74) is -1.12. The summed E-state index contributed by atoms with van der Waals surface area (Å²) >= 11 is 0. The van der Waals surface area contributed by atoms with Gasteiger partial charge in [-0.3, -0.25) is 9.36 Å². The molecule has 2 atom stereocenters. The smallest absolute Gasteiger partial charge is 0.314 e. The molecule has 0 aromatic heterocycles. The van der Waals surface area contributed by atoms with Crippen molar-refractivity contribution in [3.05, 3.63) is 29.8 Å². The second kappa shape index (κ2) is 6.45. The summed E-state index contributed by atoms with van der Waals surface area (Å²) in [5.74, 6) is -0.287. The Morgan fingerprint density at radius 2 is 1.87 bits per heavy atom. The lowest BCUT2D eigenvalue weighted by molar-refractivity contribution is -0.122. The van der Waals surface area contributed by atoms with Crippen molar-refractivity contribution in [3.63, 3.8) is 0 Å². The molecular weight excluding hydrogens is 315 g/mol. The molecule has 1 heterocycles. The topological polar surface area (TPSA) is 79.6 Å². The van der Waals surface area contributed by atoms with Gasteiger partial charge in [0.05, 0.1) is 19.3 Å². The van der Waals surface area contributed by atoms with Crippen molar-refractivity contribution in [2.24, 2.45) is 0 Å². The summed E-state index contributed by atoms with van der Waals surface area (Å²) in [5, 5.41) is 9.72. The Bertz CT molecular complexity index is 690. The minimum absolute atomic E-state index is 0.136. The van der Waals surface area contributed by atoms with Crippen molar-refractivity contribution < 1.29 is 18.4 Å². The van der Waals surface area contributed by atoms with E-state index in [9.17, 15) is 14.6 Å². The molecule has 0 N–H and O–H groups in total. The van der Waals surface area contributed by atoms with Gasteiger partial charge in [-0.2, -0.15) is 5.26 Å². The molecule has 1 aliphatic heterocycles. The molecule has 1 amide bonds. The van der Waals surface area contributed by atoms with Crippen molar-refractivity contribution in [1.29, 1.82) is 5.26 Å². The fourth-order valence-corrected chi connectivity index (χ4v) is 5.22. The fraction of sp³-hybridized carbons (Fsp3) is 0.500. The predicted octanol–water partition coefficient (Wildman–Crippen LogP) is 3.08. The molecule has 1 aliphatic rings. The van der Waals surface area contributed by atoms with E-state index in [0.717, 1.165) is 0 Å². The summed E-state index contributed by atoms with van der Waals surface area (Å²) < 4.78 is 23.8. The van der Waals surface area contributed by atoms with Gasteiger partial charge in [-0.25, -0.2) is 0 Å². The van der Waals surface area contributed by atoms with Crippen LogP contribution < -0.4 is 4.90 Å². The Morgan fingerprint density at radius 3 is 2.39 bits per heavy atom. The highest BCUT2D eigenvalue weighted by Gasteiger charge is 2.59. The van der Waals surface area contributed by atoms with Gasteiger partial charge in [0.1, 0.15) is 5.41 Å². The molecule has 23 heavy (non-hydrogen) atoms. The Kier molecular flexibility index (Phi) is 4.95. The van der Waals surface area contributed by atoms with Gasteiger partial charge in [0.25, 0.3) is 0 Å². The summed E-state index contributed by atoms with van der Waals surface area (Å²) in [6.07, 6.45) is 0. The Balaban J connectivity index is 2.63. The van der Waals surface area contributed by atoms with Crippen molar-refractivity contribution in [2.75, 3.05) is 25.2 Å². The zero-order valence-electron chi connectivity index (χ0n) is 13.8. The second-order valence-electron chi connectivity index (χ2n) is 5.49. The largest absolute Gasteiger partial charge is 0.349 e. The van der Waals surface area contributed by atoms with Crippen LogP contribution in [0.1, 0.15) is 26.3 Å². The molecule has 2 unspecified atom stereocenters. The van der Waals surface area contributed by atoms with Gasteiger partial charge in [0.2, 0.25) is 5.91 Å². The van der Waals surface area contributed by atoms with E-state index in [1.807, 2.05) is 12.1 Å². The third-order valence-corrected chi connectivity index (χ3v) is 6.68. The number of rotatable bonds is 6. The first kappa shape index (κ1) is 17.7. The molecule has 0 bridgehead atoms. The molecule has 2 rings (SSSR count). The maximum atomic E-state index is 13.2. The van der Waals surface area contributed by atoms with Gasteiger partial charge in [-0.15, -0.1) is 0 Å². The molecular formula is C16H21N2O4P. The number of likely N-dealkylation sites (N-methyl/N-ethyl adjacent to an activating group) is 1. The molecule has 0 fully saturated rings. The number of hydrogen-bond donors (Lipinski definition) is 0. The van der Waals surface area contributed by atoms with Crippen LogP contribution in [0.4, 0.5) is 5.69 Å². The van der Waals surface area contributed by atoms with Crippen molar-refractivity contribution in [1.82, 2.24) is 0 Å². The number of para-hydroxylation sites is 1. The third-order valence-electron chi connectivity index (χ3n) is 4.18. The highest BCUT2D eigenvalue weighted by atomic mass is 31.2. The number of benzene rings is 1. The highest BCUT2D eigenvalue weighted by Crippen LogP contribution is 2.61. The number of hydrogen-bond acceptors (Lipinski definition) is 5.